The van der Waals surface area contributed by atoms with Crippen LogP contribution in [0, 0.1) is 6.92 Å². The van der Waals surface area contributed by atoms with Gasteiger partial charge in [-0.2, -0.15) is 5.10 Å². The zero-order valence-corrected chi connectivity index (χ0v) is 24.9. The van der Waals surface area contributed by atoms with Crippen molar-refractivity contribution < 1.29 is 24.5 Å². The van der Waals surface area contributed by atoms with E-state index in [-0.39, 0.29) is 36.8 Å². The van der Waals surface area contributed by atoms with Crippen LogP contribution in [0.4, 0.5) is 0 Å². The number of aliphatic hydroxyl groups is 2. The summed E-state index contributed by atoms with van der Waals surface area (Å²) in [4.78, 5) is 31.2. The molecule has 0 bridgehead atoms. The normalized spacial score (nSPS) is 14.4. The first-order valence-electron chi connectivity index (χ1n) is 14.8. The Hall–Kier alpha value is -4.11. The lowest BCUT2D eigenvalue weighted by atomic mass is 9.93. The number of hydrogen-bond donors (Lipinski definition) is 2. The van der Waals surface area contributed by atoms with Crippen molar-refractivity contribution >= 4 is 11.8 Å². The van der Waals surface area contributed by atoms with Gasteiger partial charge in [-0.15, -0.1) is 0 Å². The molecule has 1 atom stereocenters. The molecule has 0 radical (unpaired) electrons. The Morgan fingerprint density at radius 1 is 1.07 bits per heavy atom. The molecule has 0 saturated heterocycles. The number of rotatable bonds is 13. The van der Waals surface area contributed by atoms with Gasteiger partial charge in [0.25, 0.3) is 11.8 Å². The third-order valence-electron chi connectivity index (χ3n) is 7.62. The van der Waals surface area contributed by atoms with Crippen molar-refractivity contribution in [3.05, 3.63) is 88.9 Å². The number of aliphatic hydroxyl groups excluding tert-OH is 2. The summed E-state index contributed by atoms with van der Waals surface area (Å²) >= 11 is 0. The second-order valence-electron chi connectivity index (χ2n) is 10.9. The Labute approximate surface area is 248 Å². The third kappa shape index (κ3) is 7.02. The minimum absolute atomic E-state index is 0.103. The first-order chi connectivity index (χ1) is 20.3. The van der Waals surface area contributed by atoms with Crippen LogP contribution in [0.25, 0.3) is 5.69 Å². The number of benzene rings is 2. The van der Waals surface area contributed by atoms with E-state index in [0.717, 1.165) is 36.8 Å². The topological polar surface area (TPSA) is 108 Å². The van der Waals surface area contributed by atoms with Crippen molar-refractivity contribution in [3.8, 4) is 11.4 Å². The molecule has 42 heavy (non-hydrogen) atoms. The summed E-state index contributed by atoms with van der Waals surface area (Å²) in [5, 5.41) is 24.5. The average Bonchev–Trinajstić information content (AvgIpc) is 3.39. The van der Waals surface area contributed by atoms with Crippen molar-refractivity contribution in [2.75, 3.05) is 26.3 Å². The molecular formula is C33H42N4O5. The molecular weight excluding hydrogens is 532 g/mol. The molecule has 0 unspecified atom stereocenters. The van der Waals surface area contributed by atoms with Gasteiger partial charge in [0, 0.05) is 31.4 Å². The van der Waals surface area contributed by atoms with Gasteiger partial charge in [0.1, 0.15) is 18.1 Å². The Morgan fingerprint density at radius 3 is 2.40 bits per heavy atom. The van der Waals surface area contributed by atoms with Gasteiger partial charge in [-0.25, -0.2) is 4.68 Å². The lowest BCUT2D eigenvalue weighted by Gasteiger charge is -2.36. The van der Waals surface area contributed by atoms with E-state index in [2.05, 4.69) is 20.4 Å². The van der Waals surface area contributed by atoms with Gasteiger partial charge in [0.05, 0.1) is 23.9 Å². The molecule has 2 amide bonds. The zero-order chi connectivity index (χ0) is 30.2. The first-order valence-corrected chi connectivity index (χ1v) is 14.8. The van der Waals surface area contributed by atoms with E-state index in [1.165, 1.54) is 0 Å². The highest BCUT2D eigenvalue weighted by Crippen LogP contribution is 2.29. The first kappa shape index (κ1) is 30.8. The third-order valence-corrected chi connectivity index (χ3v) is 7.62. The summed E-state index contributed by atoms with van der Waals surface area (Å²) < 4.78 is 7.29. The maximum atomic E-state index is 14.2. The van der Waals surface area contributed by atoms with E-state index in [4.69, 9.17) is 9.84 Å². The van der Waals surface area contributed by atoms with Gasteiger partial charge in [0.2, 0.25) is 0 Å². The number of fused-ring (bicyclic) bond motifs is 1. The fourth-order valence-electron chi connectivity index (χ4n) is 5.26. The van der Waals surface area contributed by atoms with Crippen molar-refractivity contribution in [2.24, 2.45) is 0 Å². The fourth-order valence-corrected chi connectivity index (χ4v) is 5.26. The second-order valence-corrected chi connectivity index (χ2v) is 10.9. The highest BCUT2D eigenvalue weighted by molar-refractivity contribution is 5.98. The van der Waals surface area contributed by atoms with Crippen LogP contribution >= 0.6 is 0 Å². The largest absolute Gasteiger partial charge is 0.509 e. The zero-order valence-electron chi connectivity index (χ0n) is 24.9. The molecule has 1 aliphatic rings. The number of nitrogens with zero attached hydrogens (tertiary/aromatic N) is 4. The molecule has 0 aliphatic carbocycles. The molecule has 9 heteroatoms. The Bertz CT molecular complexity index is 1410. The van der Waals surface area contributed by atoms with Gasteiger partial charge < -0.3 is 24.7 Å². The van der Waals surface area contributed by atoms with E-state index in [1.807, 2.05) is 36.1 Å². The summed E-state index contributed by atoms with van der Waals surface area (Å²) in [6.45, 7) is 11.0. The number of aryl methyl sites for hydroxylation is 1. The van der Waals surface area contributed by atoms with Gasteiger partial charge >= 0.3 is 0 Å². The molecule has 2 heterocycles. The molecule has 0 spiro atoms. The Balaban J connectivity index is 1.74. The van der Waals surface area contributed by atoms with E-state index in [9.17, 15) is 19.8 Å². The minimum Gasteiger partial charge on any atom is -0.509 e. The van der Waals surface area contributed by atoms with E-state index < -0.39 is 0 Å². The number of unbranched alkanes of at least 4 members (excludes halogenated alkanes) is 2. The van der Waals surface area contributed by atoms with Crippen LogP contribution in [0.15, 0.2) is 60.9 Å². The molecule has 3 aromatic rings. The van der Waals surface area contributed by atoms with E-state index in [0.29, 0.717) is 54.4 Å². The predicted octanol–water partition coefficient (Wildman–Crippen LogP) is 5.23. The molecule has 2 N–H and O–H groups in total. The van der Waals surface area contributed by atoms with Gasteiger partial charge in [-0.1, -0.05) is 57.5 Å². The number of amides is 2. The van der Waals surface area contributed by atoms with Crippen molar-refractivity contribution in [1.29, 1.82) is 0 Å². The number of ether oxygens (including phenoxy) is 1. The lowest BCUT2D eigenvalue weighted by molar-refractivity contribution is 0.0544. The number of carbonyl (C=O) groups is 2. The molecule has 2 aromatic carbocycles. The fraction of sp³-hybridized carbons (Fsp3) is 0.424. The molecule has 1 aromatic heterocycles. The maximum absolute atomic E-state index is 14.2. The van der Waals surface area contributed by atoms with Crippen LogP contribution in [0.1, 0.15) is 77.2 Å². The SMILES string of the molecule is C=C(O)COc1ccc(C(=O)N2Cc3ccccc3C[C@H]2CO)c(-n2nc(C(=O)N(CCCC)CCCC)cc2C)c1. The van der Waals surface area contributed by atoms with Crippen LogP contribution < -0.4 is 4.74 Å². The van der Waals surface area contributed by atoms with Crippen LogP contribution in [-0.4, -0.2) is 74.0 Å². The maximum Gasteiger partial charge on any atom is 0.274 e. The lowest BCUT2D eigenvalue weighted by Crippen LogP contribution is -2.46. The molecule has 0 saturated carbocycles. The van der Waals surface area contributed by atoms with Crippen LogP contribution in [0.5, 0.6) is 5.75 Å². The van der Waals surface area contributed by atoms with Crippen LogP contribution in [0.2, 0.25) is 0 Å². The smallest absolute Gasteiger partial charge is 0.274 e. The highest BCUT2D eigenvalue weighted by atomic mass is 16.5. The van der Waals surface area contributed by atoms with E-state index in [1.54, 1.807) is 33.8 Å². The number of aromatic nitrogens is 2. The standard InChI is InChI=1S/C33H42N4O5/c1-5-7-15-35(16-8-6-2)33(41)30-17-23(3)37(34-30)31-19-28(42-22-24(4)39)13-14-29(31)32(40)36-20-26-12-10-9-11-25(26)18-27(36)21-38/h9-14,17,19,27,38-39H,4-8,15-16,18,20-22H2,1-3H3/t27-/m0/s1. The highest BCUT2D eigenvalue weighted by Gasteiger charge is 2.32. The molecule has 1 aliphatic heterocycles. The van der Waals surface area contributed by atoms with E-state index >= 15 is 0 Å². The predicted molar refractivity (Wildman–Crippen MR) is 162 cm³/mol. The van der Waals surface area contributed by atoms with Crippen molar-refractivity contribution in [2.45, 2.75) is 65.5 Å². The van der Waals surface area contributed by atoms with Gasteiger partial charge in [-0.05, 0) is 55.5 Å². The summed E-state index contributed by atoms with van der Waals surface area (Å²) in [7, 11) is 0. The summed E-state index contributed by atoms with van der Waals surface area (Å²) in [5.74, 6) is -0.109. The summed E-state index contributed by atoms with van der Waals surface area (Å²) in [6, 6.07) is 14.3. The van der Waals surface area contributed by atoms with Crippen LogP contribution in [0.3, 0.4) is 0 Å². The van der Waals surface area contributed by atoms with Gasteiger partial charge in [0.15, 0.2) is 5.69 Å². The molecule has 4 rings (SSSR count). The molecule has 224 valence electrons. The van der Waals surface area contributed by atoms with Gasteiger partial charge in [-0.3, -0.25) is 9.59 Å². The average molecular weight is 575 g/mol. The summed E-state index contributed by atoms with van der Waals surface area (Å²) in [6.07, 6.45) is 4.34. The number of carbonyl (C=O) groups excluding carboxylic acids is 2. The van der Waals surface area contributed by atoms with Crippen molar-refractivity contribution in [3.63, 3.8) is 0 Å². The molecule has 0 fully saturated rings. The molecule has 9 nitrogen and oxygen atoms in total. The van der Waals surface area contributed by atoms with Crippen LogP contribution in [-0.2, 0) is 13.0 Å². The van der Waals surface area contributed by atoms with Crippen molar-refractivity contribution in [1.82, 2.24) is 19.6 Å². The summed E-state index contributed by atoms with van der Waals surface area (Å²) in [5.41, 5.74) is 3.97. The minimum atomic E-state index is -0.379. The monoisotopic (exact) mass is 574 g/mol. The Kier molecular flexibility index (Phi) is 10.4. The second kappa shape index (κ2) is 14.2. The Morgan fingerprint density at radius 2 is 1.76 bits per heavy atom. The number of hydrogen-bond acceptors (Lipinski definition) is 6. The quantitative estimate of drug-likeness (QED) is 0.271.